The molecule has 0 N–H and O–H groups in total. The molecule has 2 aliphatic rings. The zero-order valence-corrected chi connectivity index (χ0v) is 28.7. The Labute approximate surface area is 280 Å². The maximum absolute atomic E-state index is 13.6. The van der Waals surface area contributed by atoms with Crippen LogP contribution >= 0.6 is 0 Å². The number of aromatic nitrogens is 1. The van der Waals surface area contributed by atoms with E-state index >= 15 is 0 Å². The number of cyclic esters (lactones) is 1. The maximum atomic E-state index is 13.6. The second-order valence-corrected chi connectivity index (χ2v) is 14.0. The van der Waals surface area contributed by atoms with Crippen LogP contribution in [0.2, 0.25) is 0 Å². The average Bonchev–Trinajstić information content (AvgIpc) is 3.31. The number of nitrogens with zero attached hydrogens (tertiary/aromatic N) is 2. The van der Waals surface area contributed by atoms with Crippen molar-refractivity contribution in [3.63, 3.8) is 0 Å². The molecule has 0 unspecified atom stereocenters. The number of amides is 1. The van der Waals surface area contributed by atoms with Crippen LogP contribution in [0.15, 0.2) is 54.2 Å². The lowest BCUT2D eigenvalue weighted by molar-refractivity contribution is -0.137. The number of aryl methyl sites for hydroxylation is 1. The Bertz CT molecular complexity index is 1760. The average molecular weight is 665 g/mol. The Morgan fingerprint density at radius 2 is 1.83 bits per heavy atom. The number of alkyl halides is 3. The number of ether oxygens (including phenoxy) is 3. The lowest BCUT2D eigenvalue weighted by Crippen LogP contribution is -2.35. The molecule has 256 valence electrons. The van der Waals surface area contributed by atoms with Crippen molar-refractivity contribution >= 4 is 17.6 Å². The predicted octanol–water partition coefficient (Wildman–Crippen LogP) is 9.54. The molecule has 0 saturated carbocycles. The summed E-state index contributed by atoms with van der Waals surface area (Å²) >= 11 is 0. The highest BCUT2D eigenvalue weighted by atomic mass is 19.4. The van der Waals surface area contributed by atoms with Crippen LogP contribution < -0.4 is 4.74 Å². The van der Waals surface area contributed by atoms with Crippen molar-refractivity contribution in [1.29, 1.82) is 0 Å². The molecular formula is C38H43F3N2O5. The number of pyridine rings is 1. The van der Waals surface area contributed by atoms with Crippen molar-refractivity contribution in [2.24, 2.45) is 5.41 Å². The summed E-state index contributed by atoms with van der Waals surface area (Å²) in [6.07, 6.45) is -1.85. The fourth-order valence-electron chi connectivity index (χ4n) is 6.92. The third-order valence-corrected chi connectivity index (χ3v) is 9.45. The topological polar surface area (TPSA) is 78.0 Å². The highest BCUT2D eigenvalue weighted by Crippen LogP contribution is 2.46. The van der Waals surface area contributed by atoms with Crippen molar-refractivity contribution in [3.8, 4) is 17.0 Å². The molecule has 1 aromatic heterocycles. The van der Waals surface area contributed by atoms with Crippen molar-refractivity contribution in [3.05, 3.63) is 87.6 Å². The molecule has 0 spiro atoms. The molecule has 2 heterocycles. The smallest absolute Gasteiger partial charge is 0.416 e. The van der Waals surface area contributed by atoms with E-state index in [2.05, 4.69) is 33.8 Å². The van der Waals surface area contributed by atoms with Crippen LogP contribution in [0, 0.1) is 12.3 Å². The monoisotopic (exact) mass is 664 g/mol. The van der Waals surface area contributed by atoms with Gasteiger partial charge in [-0.3, -0.25) is 4.90 Å². The molecule has 7 nitrogen and oxygen atoms in total. The van der Waals surface area contributed by atoms with Gasteiger partial charge in [-0.25, -0.2) is 14.6 Å². The first-order chi connectivity index (χ1) is 22.5. The third kappa shape index (κ3) is 7.08. The summed E-state index contributed by atoms with van der Waals surface area (Å²) in [5, 5.41) is 0. The Morgan fingerprint density at radius 1 is 1.10 bits per heavy atom. The van der Waals surface area contributed by atoms with E-state index in [1.54, 1.807) is 37.3 Å². The van der Waals surface area contributed by atoms with Gasteiger partial charge in [0, 0.05) is 23.9 Å². The molecule has 1 aliphatic carbocycles. The minimum Gasteiger partial charge on any atom is -0.481 e. The SMILES string of the molecule is COC(=O)c1ccc(-c2cnc(OC)c(C3=C(CN4C(=O)O[C@H](c5cc(C)cc(C(F)(F)F)c5)[C@@H]4C)CC(C)(C)CC3)c2)c(C(C)C)c1. The van der Waals surface area contributed by atoms with Crippen molar-refractivity contribution in [2.45, 2.75) is 85.0 Å². The molecule has 2 aromatic carbocycles. The quantitative estimate of drug-likeness (QED) is 0.223. The molecule has 1 amide bonds. The number of methoxy groups -OCH3 is 2. The Balaban J connectivity index is 1.56. The molecule has 1 fully saturated rings. The van der Waals surface area contributed by atoms with Gasteiger partial charge in [0.05, 0.1) is 31.4 Å². The van der Waals surface area contributed by atoms with Gasteiger partial charge in [-0.1, -0.05) is 45.4 Å². The van der Waals surface area contributed by atoms with Crippen molar-refractivity contribution < 1.29 is 37.0 Å². The molecule has 0 radical (unpaired) electrons. The first-order valence-corrected chi connectivity index (χ1v) is 16.2. The summed E-state index contributed by atoms with van der Waals surface area (Å²) in [4.78, 5) is 32.0. The van der Waals surface area contributed by atoms with Gasteiger partial charge in [0.15, 0.2) is 0 Å². The number of carbonyl (C=O) groups is 2. The Hall–Kier alpha value is -4.34. The fraction of sp³-hybridized carbons (Fsp3) is 0.447. The highest BCUT2D eigenvalue weighted by molar-refractivity contribution is 5.91. The minimum absolute atomic E-state index is 0.0456. The van der Waals surface area contributed by atoms with Gasteiger partial charge < -0.3 is 14.2 Å². The normalized spacial score (nSPS) is 19.5. The molecule has 5 rings (SSSR count). The number of carbonyl (C=O) groups excluding carboxylic acids is 2. The first kappa shape index (κ1) is 35.0. The summed E-state index contributed by atoms with van der Waals surface area (Å²) < 4.78 is 57.4. The fourth-order valence-corrected chi connectivity index (χ4v) is 6.92. The van der Waals surface area contributed by atoms with E-state index in [-0.39, 0.29) is 17.9 Å². The van der Waals surface area contributed by atoms with E-state index in [0.29, 0.717) is 29.0 Å². The number of hydrogen-bond donors (Lipinski definition) is 0. The summed E-state index contributed by atoms with van der Waals surface area (Å²) in [6, 6.07) is 10.9. The predicted molar refractivity (Wildman–Crippen MR) is 178 cm³/mol. The van der Waals surface area contributed by atoms with Gasteiger partial charge in [0.25, 0.3) is 0 Å². The number of benzene rings is 2. The number of rotatable bonds is 8. The number of allylic oxidation sites excluding steroid dienone is 1. The molecule has 1 aliphatic heterocycles. The third-order valence-electron chi connectivity index (χ3n) is 9.45. The van der Waals surface area contributed by atoms with Crippen molar-refractivity contribution in [2.75, 3.05) is 20.8 Å². The van der Waals surface area contributed by atoms with Crippen LogP contribution in [0.25, 0.3) is 16.7 Å². The van der Waals surface area contributed by atoms with Gasteiger partial charge in [-0.2, -0.15) is 13.2 Å². The van der Waals surface area contributed by atoms with Crippen LogP contribution in [0.4, 0.5) is 18.0 Å². The number of esters is 1. The Kier molecular flexibility index (Phi) is 9.68. The van der Waals surface area contributed by atoms with E-state index in [4.69, 9.17) is 19.2 Å². The van der Waals surface area contributed by atoms with Gasteiger partial charge >= 0.3 is 18.2 Å². The zero-order chi connectivity index (χ0) is 35.1. The zero-order valence-electron chi connectivity index (χ0n) is 28.7. The summed E-state index contributed by atoms with van der Waals surface area (Å²) in [5.74, 6) is 0.158. The van der Waals surface area contributed by atoms with E-state index in [9.17, 15) is 22.8 Å². The van der Waals surface area contributed by atoms with Gasteiger partial charge in [0.1, 0.15) is 6.10 Å². The van der Waals surface area contributed by atoms with E-state index in [1.807, 2.05) is 19.1 Å². The summed E-state index contributed by atoms with van der Waals surface area (Å²) in [7, 11) is 2.93. The summed E-state index contributed by atoms with van der Waals surface area (Å²) in [6.45, 7) is 12.2. The van der Waals surface area contributed by atoms with Gasteiger partial charge in [0.2, 0.25) is 5.88 Å². The molecule has 0 bridgehead atoms. The maximum Gasteiger partial charge on any atom is 0.416 e. The molecule has 10 heteroatoms. The molecule has 3 aromatic rings. The first-order valence-electron chi connectivity index (χ1n) is 16.2. The largest absolute Gasteiger partial charge is 0.481 e. The molecule has 48 heavy (non-hydrogen) atoms. The summed E-state index contributed by atoms with van der Waals surface area (Å²) in [5.41, 5.74) is 6.05. The number of halogens is 3. The van der Waals surface area contributed by atoms with Crippen LogP contribution in [0.5, 0.6) is 5.88 Å². The van der Waals surface area contributed by atoms with Crippen molar-refractivity contribution in [1.82, 2.24) is 9.88 Å². The lowest BCUT2D eigenvalue weighted by atomic mass is 9.72. The van der Waals surface area contributed by atoms with Gasteiger partial charge in [-0.05, 0) is 103 Å². The lowest BCUT2D eigenvalue weighted by Gasteiger charge is -2.35. The molecular weight excluding hydrogens is 621 g/mol. The van der Waals surface area contributed by atoms with Crippen LogP contribution in [0.1, 0.15) is 104 Å². The second-order valence-electron chi connectivity index (χ2n) is 14.0. The second kappa shape index (κ2) is 13.3. The number of hydrogen-bond acceptors (Lipinski definition) is 6. The molecule has 2 atom stereocenters. The standard InChI is InChI=1S/C38H43F3N2O5/c1-21(2)31-16-24(35(44)47-8)9-10-29(31)26-17-32(34(46-7)42-19-26)30-11-12-37(5,6)18-27(30)20-43-23(4)33(48-36(43)45)25-13-22(3)14-28(15-25)38(39,40)41/h9-10,13-17,19,21,23,33H,11-12,18,20H2,1-8H3/t23-,33-/m0/s1. The Morgan fingerprint density at radius 3 is 2.48 bits per heavy atom. The van der Waals surface area contributed by atoms with Gasteiger partial charge in [-0.15, -0.1) is 0 Å². The minimum atomic E-state index is -4.51. The van der Waals surface area contributed by atoms with E-state index in [1.165, 1.54) is 7.11 Å². The molecule has 1 saturated heterocycles. The van der Waals surface area contributed by atoms with Crippen LogP contribution in [-0.4, -0.2) is 48.8 Å². The highest BCUT2D eigenvalue weighted by Gasteiger charge is 2.42. The van der Waals surface area contributed by atoms with Crippen LogP contribution in [0.3, 0.4) is 0 Å². The van der Waals surface area contributed by atoms with Crippen LogP contribution in [-0.2, 0) is 15.7 Å². The van der Waals surface area contributed by atoms with E-state index in [0.717, 1.165) is 58.4 Å². The van der Waals surface area contributed by atoms with E-state index < -0.39 is 35.9 Å².